The smallest absolute Gasteiger partial charge is 0.224 e. The maximum atomic E-state index is 11.8. The molecule has 1 heterocycles. The van der Waals surface area contributed by atoms with Crippen LogP contribution in [0.5, 0.6) is 5.75 Å². The van der Waals surface area contributed by atoms with Crippen LogP contribution in [0.25, 0.3) is 0 Å². The fourth-order valence-electron chi connectivity index (χ4n) is 2.42. The average molecular weight is 290 g/mol. The molecule has 2 amide bonds. The second-order valence-electron chi connectivity index (χ2n) is 5.21. The van der Waals surface area contributed by atoms with Crippen molar-refractivity contribution in [1.82, 2.24) is 10.2 Å². The van der Waals surface area contributed by atoms with E-state index in [4.69, 9.17) is 4.74 Å². The molecule has 114 valence electrons. The summed E-state index contributed by atoms with van der Waals surface area (Å²) in [5, 5.41) is 2.80. The van der Waals surface area contributed by atoms with Gasteiger partial charge in [0.25, 0.3) is 0 Å². The Morgan fingerprint density at radius 3 is 2.48 bits per heavy atom. The van der Waals surface area contributed by atoms with Crippen LogP contribution in [-0.2, 0) is 16.0 Å². The van der Waals surface area contributed by atoms with Crippen molar-refractivity contribution in [3.63, 3.8) is 0 Å². The Morgan fingerprint density at radius 1 is 1.19 bits per heavy atom. The summed E-state index contributed by atoms with van der Waals surface area (Å²) in [7, 11) is 1.61. The molecule has 1 fully saturated rings. The third kappa shape index (κ3) is 4.77. The van der Waals surface area contributed by atoms with Gasteiger partial charge in [0.05, 0.1) is 13.5 Å². The van der Waals surface area contributed by atoms with Gasteiger partial charge >= 0.3 is 0 Å². The summed E-state index contributed by atoms with van der Waals surface area (Å²) in [4.78, 5) is 25.5. The molecule has 0 atom stereocenters. The molecule has 5 nitrogen and oxygen atoms in total. The first-order valence-corrected chi connectivity index (χ1v) is 7.36. The fraction of sp³-hybridized carbons (Fsp3) is 0.500. The molecule has 5 heteroatoms. The molecular formula is C16H22N2O3. The number of methoxy groups -OCH3 is 1. The number of hydrogen-bond donors (Lipinski definition) is 1. The average Bonchev–Trinajstić information content (AvgIpc) is 3.02. The molecule has 1 aromatic carbocycles. The lowest BCUT2D eigenvalue weighted by Crippen LogP contribution is -2.33. The van der Waals surface area contributed by atoms with Gasteiger partial charge in [-0.05, 0) is 30.5 Å². The first-order chi connectivity index (χ1) is 10.2. The van der Waals surface area contributed by atoms with E-state index in [-0.39, 0.29) is 11.8 Å². The van der Waals surface area contributed by atoms with Gasteiger partial charge in [0.2, 0.25) is 11.8 Å². The zero-order chi connectivity index (χ0) is 15.1. The van der Waals surface area contributed by atoms with E-state index in [1.807, 2.05) is 29.2 Å². The molecule has 0 spiro atoms. The highest BCUT2D eigenvalue weighted by molar-refractivity contribution is 5.80. The van der Waals surface area contributed by atoms with Crippen molar-refractivity contribution in [2.24, 2.45) is 0 Å². The van der Waals surface area contributed by atoms with E-state index in [2.05, 4.69) is 5.32 Å². The second-order valence-corrected chi connectivity index (χ2v) is 5.21. The largest absolute Gasteiger partial charge is 0.497 e. The topological polar surface area (TPSA) is 58.6 Å². The van der Waals surface area contributed by atoms with Crippen molar-refractivity contribution in [3.05, 3.63) is 29.8 Å². The molecule has 1 N–H and O–H groups in total. The first kappa shape index (κ1) is 15.4. The van der Waals surface area contributed by atoms with E-state index >= 15 is 0 Å². The lowest BCUT2D eigenvalue weighted by atomic mass is 10.1. The Bertz CT molecular complexity index is 479. The molecule has 2 rings (SSSR count). The van der Waals surface area contributed by atoms with Gasteiger partial charge in [-0.1, -0.05) is 12.1 Å². The maximum Gasteiger partial charge on any atom is 0.224 e. The standard InChI is InChI=1S/C16H22N2O3/c1-21-14-6-4-13(5-7-14)12-15(19)17-9-8-16(20)18-10-2-3-11-18/h4-7H,2-3,8-12H2,1H3,(H,17,19). The highest BCUT2D eigenvalue weighted by atomic mass is 16.5. The minimum Gasteiger partial charge on any atom is -0.497 e. The zero-order valence-corrected chi connectivity index (χ0v) is 12.4. The van der Waals surface area contributed by atoms with Crippen LogP contribution in [0.3, 0.4) is 0 Å². The number of nitrogens with one attached hydrogen (secondary N) is 1. The molecule has 1 saturated heterocycles. The Balaban J connectivity index is 1.68. The predicted octanol–water partition coefficient (Wildman–Crippen LogP) is 1.37. The number of hydrogen-bond acceptors (Lipinski definition) is 3. The summed E-state index contributed by atoms with van der Waals surface area (Å²) in [5.74, 6) is 0.849. The van der Waals surface area contributed by atoms with Crippen LogP contribution in [0.1, 0.15) is 24.8 Å². The van der Waals surface area contributed by atoms with Crippen molar-refractivity contribution in [2.75, 3.05) is 26.7 Å². The summed E-state index contributed by atoms with van der Waals surface area (Å²) < 4.78 is 5.07. The lowest BCUT2D eigenvalue weighted by molar-refractivity contribution is -0.130. The number of likely N-dealkylation sites (tertiary alicyclic amines) is 1. The van der Waals surface area contributed by atoms with E-state index in [9.17, 15) is 9.59 Å². The highest BCUT2D eigenvalue weighted by Gasteiger charge is 2.17. The number of carbonyl (C=O) groups excluding carboxylic acids is 2. The number of nitrogens with zero attached hydrogens (tertiary/aromatic N) is 1. The number of rotatable bonds is 6. The fourth-order valence-corrected chi connectivity index (χ4v) is 2.42. The van der Waals surface area contributed by atoms with Crippen LogP contribution in [0, 0.1) is 0 Å². The zero-order valence-electron chi connectivity index (χ0n) is 12.4. The Labute approximate surface area is 125 Å². The summed E-state index contributed by atoms with van der Waals surface area (Å²) >= 11 is 0. The molecule has 0 aliphatic carbocycles. The van der Waals surface area contributed by atoms with E-state index in [0.717, 1.165) is 37.2 Å². The Kier molecular flexibility index (Phi) is 5.60. The van der Waals surface area contributed by atoms with Crippen LogP contribution in [0.2, 0.25) is 0 Å². The van der Waals surface area contributed by atoms with Gasteiger partial charge in [0.1, 0.15) is 5.75 Å². The molecule has 0 aromatic heterocycles. The summed E-state index contributed by atoms with van der Waals surface area (Å²) in [6.07, 6.45) is 2.89. The molecule has 0 saturated carbocycles. The van der Waals surface area contributed by atoms with Gasteiger partial charge in [-0.2, -0.15) is 0 Å². The lowest BCUT2D eigenvalue weighted by Gasteiger charge is -2.15. The number of carbonyl (C=O) groups is 2. The van der Waals surface area contributed by atoms with Crippen LogP contribution in [-0.4, -0.2) is 43.5 Å². The van der Waals surface area contributed by atoms with Crippen LogP contribution < -0.4 is 10.1 Å². The van der Waals surface area contributed by atoms with Crippen LogP contribution in [0.15, 0.2) is 24.3 Å². The van der Waals surface area contributed by atoms with Crippen molar-refractivity contribution in [3.8, 4) is 5.75 Å². The molecule has 1 aliphatic rings. The number of ether oxygens (including phenoxy) is 1. The van der Waals surface area contributed by atoms with E-state index < -0.39 is 0 Å². The minimum atomic E-state index is -0.0608. The van der Waals surface area contributed by atoms with Gasteiger partial charge in [0.15, 0.2) is 0 Å². The maximum absolute atomic E-state index is 11.8. The molecule has 0 bridgehead atoms. The minimum absolute atomic E-state index is 0.0608. The predicted molar refractivity (Wildman–Crippen MR) is 80.1 cm³/mol. The van der Waals surface area contributed by atoms with Crippen molar-refractivity contribution < 1.29 is 14.3 Å². The van der Waals surface area contributed by atoms with E-state index in [0.29, 0.717) is 19.4 Å². The van der Waals surface area contributed by atoms with Gasteiger partial charge in [0, 0.05) is 26.1 Å². The van der Waals surface area contributed by atoms with E-state index in [1.165, 1.54) is 0 Å². The van der Waals surface area contributed by atoms with Gasteiger partial charge in [-0.15, -0.1) is 0 Å². The summed E-state index contributed by atoms with van der Waals surface area (Å²) in [6.45, 7) is 2.13. The third-order valence-corrected chi connectivity index (χ3v) is 3.64. The number of benzene rings is 1. The molecule has 0 unspecified atom stereocenters. The van der Waals surface area contributed by atoms with Crippen LogP contribution >= 0.6 is 0 Å². The molecule has 21 heavy (non-hydrogen) atoms. The molecule has 1 aliphatic heterocycles. The Hall–Kier alpha value is -2.04. The Morgan fingerprint density at radius 2 is 1.86 bits per heavy atom. The van der Waals surface area contributed by atoms with Crippen molar-refractivity contribution >= 4 is 11.8 Å². The summed E-state index contributed by atoms with van der Waals surface area (Å²) in [5.41, 5.74) is 0.930. The second kappa shape index (κ2) is 7.67. The van der Waals surface area contributed by atoms with Crippen LogP contribution in [0.4, 0.5) is 0 Å². The van der Waals surface area contributed by atoms with Crippen molar-refractivity contribution in [1.29, 1.82) is 0 Å². The van der Waals surface area contributed by atoms with Gasteiger partial charge in [-0.25, -0.2) is 0 Å². The summed E-state index contributed by atoms with van der Waals surface area (Å²) in [6, 6.07) is 7.40. The highest BCUT2D eigenvalue weighted by Crippen LogP contribution is 2.11. The van der Waals surface area contributed by atoms with E-state index in [1.54, 1.807) is 7.11 Å². The number of amides is 2. The van der Waals surface area contributed by atoms with Gasteiger partial charge in [-0.3, -0.25) is 9.59 Å². The monoisotopic (exact) mass is 290 g/mol. The molecule has 1 aromatic rings. The normalized spacial score (nSPS) is 14.0. The molecular weight excluding hydrogens is 268 g/mol. The quantitative estimate of drug-likeness (QED) is 0.861. The van der Waals surface area contributed by atoms with Gasteiger partial charge < -0.3 is 15.0 Å². The SMILES string of the molecule is COc1ccc(CC(=O)NCCC(=O)N2CCCC2)cc1. The first-order valence-electron chi connectivity index (χ1n) is 7.36. The third-order valence-electron chi connectivity index (χ3n) is 3.64. The van der Waals surface area contributed by atoms with Crippen molar-refractivity contribution in [2.45, 2.75) is 25.7 Å². The molecule has 0 radical (unpaired) electrons.